The minimum atomic E-state index is 0.0324. The SMILES string of the molecule is O=C(CCc1cnccn1)N1CCO[C@H](Cc2cccc3ccccc23)C1. The summed E-state index contributed by atoms with van der Waals surface area (Å²) in [5.74, 6) is 0.159. The summed E-state index contributed by atoms with van der Waals surface area (Å²) in [6.07, 6.45) is 6.95. The maximum absolute atomic E-state index is 12.6. The summed E-state index contributed by atoms with van der Waals surface area (Å²) in [5, 5.41) is 2.50. The van der Waals surface area contributed by atoms with E-state index in [1.54, 1.807) is 18.6 Å². The van der Waals surface area contributed by atoms with Crippen molar-refractivity contribution in [2.24, 2.45) is 0 Å². The molecule has 5 heteroatoms. The van der Waals surface area contributed by atoms with Gasteiger partial charge in [0.1, 0.15) is 0 Å². The van der Waals surface area contributed by atoms with E-state index in [1.165, 1.54) is 16.3 Å². The Balaban J connectivity index is 1.38. The summed E-state index contributed by atoms with van der Waals surface area (Å²) in [7, 11) is 0. The lowest BCUT2D eigenvalue weighted by atomic mass is 9.99. The van der Waals surface area contributed by atoms with Gasteiger partial charge in [-0.25, -0.2) is 0 Å². The third kappa shape index (κ3) is 4.31. The van der Waals surface area contributed by atoms with Crippen LogP contribution in [0.1, 0.15) is 17.7 Å². The molecule has 0 bridgehead atoms. The van der Waals surface area contributed by atoms with Gasteiger partial charge in [0, 0.05) is 44.5 Å². The first-order valence-electron chi connectivity index (χ1n) is 9.40. The van der Waals surface area contributed by atoms with E-state index in [0.29, 0.717) is 32.5 Å². The number of aryl methyl sites for hydroxylation is 1. The van der Waals surface area contributed by atoms with Crippen LogP contribution < -0.4 is 0 Å². The van der Waals surface area contributed by atoms with Crippen LogP contribution >= 0.6 is 0 Å². The zero-order chi connectivity index (χ0) is 18.5. The molecule has 138 valence electrons. The highest BCUT2D eigenvalue weighted by atomic mass is 16.5. The Morgan fingerprint density at radius 2 is 2.04 bits per heavy atom. The molecule has 0 saturated carbocycles. The number of morpholine rings is 1. The second-order valence-electron chi connectivity index (χ2n) is 6.87. The predicted octanol–water partition coefficient (Wildman–Crippen LogP) is 3.03. The highest BCUT2D eigenvalue weighted by Crippen LogP contribution is 2.22. The topological polar surface area (TPSA) is 55.3 Å². The molecule has 1 fully saturated rings. The third-order valence-electron chi connectivity index (χ3n) is 5.03. The summed E-state index contributed by atoms with van der Waals surface area (Å²) < 4.78 is 5.96. The Hall–Kier alpha value is -2.79. The summed E-state index contributed by atoms with van der Waals surface area (Å²) >= 11 is 0. The van der Waals surface area contributed by atoms with E-state index in [2.05, 4.69) is 52.4 Å². The summed E-state index contributed by atoms with van der Waals surface area (Å²) in [6, 6.07) is 14.8. The standard InChI is InChI=1S/C22H23N3O2/c26-22(9-8-19-15-23-10-11-24-19)25-12-13-27-20(16-25)14-18-6-3-5-17-4-1-2-7-21(17)18/h1-7,10-11,15,20H,8-9,12-14,16H2/t20-/m1/s1. The Bertz CT molecular complexity index is 908. The minimum Gasteiger partial charge on any atom is -0.374 e. The highest BCUT2D eigenvalue weighted by Gasteiger charge is 2.24. The Labute approximate surface area is 159 Å². The van der Waals surface area contributed by atoms with Crippen LogP contribution in [0, 0.1) is 0 Å². The van der Waals surface area contributed by atoms with Crippen molar-refractivity contribution in [2.45, 2.75) is 25.4 Å². The number of hydrogen-bond acceptors (Lipinski definition) is 4. The zero-order valence-electron chi connectivity index (χ0n) is 15.3. The number of nitrogens with zero attached hydrogens (tertiary/aromatic N) is 3. The van der Waals surface area contributed by atoms with E-state index in [1.807, 2.05) is 4.90 Å². The molecular formula is C22H23N3O2. The van der Waals surface area contributed by atoms with Crippen LogP contribution in [-0.4, -0.2) is 46.6 Å². The number of amides is 1. The first kappa shape index (κ1) is 17.6. The van der Waals surface area contributed by atoms with E-state index in [4.69, 9.17) is 4.74 Å². The molecule has 5 nitrogen and oxygen atoms in total. The number of rotatable bonds is 5. The monoisotopic (exact) mass is 361 g/mol. The zero-order valence-corrected chi connectivity index (χ0v) is 15.3. The molecule has 1 saturated heterocycles. The molecule has 1 aliphatic heterocycles. The number of hydrogen-bond donors (Lipinski definition) is 0. The molecule has 0 N–H and O–H groups in total. The van der Waals surface area contributed by atoms with Crippen molar-refractivity contribution in [1.29, 1.82) is 0 Å². The maximum Gasteiger partial charge on any atom is 0.223 e. The quantitative estimate of drug-likeness (QED) is 0.701. The molecular weight excluding hydrogens is 338 g/mol. The van der Waals surface area contributed by atoms with Crippen LogP contribution in [0.2, 0.25) is 0 Å². The van der Waals surface area contributed by atoms with Gasteiger partial charge in [0.2, 0.25) is 5.91 Å². The molecule has 27 heavy (non-hydrogen) atoms. The average molecular weight is 361 g/mol. The van der Waals surface area contributed by atoms with Gasteiger partial charge in [-0.2, -0.15) is 0 Å². The fraction of sp³-hybridized carbons (Fsp3) is 0.318. The lowest BCUT2D eigenvalue weighted by Crippen LogP contribution is -2.46. The van der Waals surface area contributed by atoms with Gasteiger partial charge in [-0.3, -0.25) is 14.8 Å². The van der Waals surface area contributed by atoms with Crippen LogP contribution in [0.3, 0.4) is 0 Å². The van der Waals surface area contributed by atoms with Crippen molar-refractivity contribution < 1.29 is 9.53 Å². The first-order valence-corrected chi connectivity index (χ1v) is 9.40. The number of carbonyl (C=O) groups is 1. The van der Waals surface area contributed by atoms with Gasteiger partial charge in [0.05, 0.1) is 18.4 Å². The molecule has 2 heterocycles. The summed E-state index contributed by atoms with van der Waals surface area (Å²) in [5.41, 5.74) is 2.12. The number of fused-ring (bicyclic) bond motifs is 1. The normalized spacial score (nSPS) is 17.2. The van der Waals surface area contributed by atoms with Crippen molar-refractivity contribution in [2.75, 3.05) is 19.7 Å². The Morgan fingerprint density at radius 3 is 2.93 bits per heavy atom. The van der Waals surface area contributed by atoms with E-state index in [9.17, 15) is 4.79 Å². The smallest absolute Gasteiger partial charge is 0.223 e. The van der Waals surface area contributed by atoms with Crippen LogP contribution in [0.5, 0.6) is 0 Å². The van der Waals surface area contributed by atoms with Gasteiger partial charge in [0.15, 0.2) is 0 Å². The van der Waals surface area contributed by atoms with Crippen molar-refractivity contribution in [3.63, 3.8) is 0 Å². The molecule has 2 aromatic carbocycles. The maximum atomic E-state index is 12.6. The van der Waals surface area contributed by atoms with Crippen molar-refractivity contribution >= 4 is 16.7 Å². The minimum absolute atomic E-state index is 0.0324. The van der Waals surface area contributed by atoms with Gasteiger partial charge in [-0.15, -0.1) is 0 Å². The van der Waals surface area contributed by atoms with Crippen LogP contribution in [-0.2, 0) is 22.4 Å². The molecule has 1 atom stereocenters. The Kier molecular flexibility index (Phi) is 5.39. The molecule has 4 rings (SSSR count). The van der Waals surface area contributed by atoms with Crippen LogP contribution in [0.15, 0.2) is 61.1 Å². The fourth-order valence-corrected chi connectivity index (χ4v) is 3.64. The van der Waals surface area contributed by atoms with E-state index in [-0.39, 0.29) is 12.0 Å². The molecule has 0 radical (unpaired) electrons. The van der Waals surface area contributed by atoms with Crippen LogP contribution in [0.25, 0.3) is 10.8 Å². The number of ether oxygens (including phenoxy) is 1. The fourth-order valence-electron chi connectivity index (χ4n) is 3.64. The third-order valence-corrected chi connectivity index (χ3v) is 5.03. The molecule has 3 aromatic rings. The van der Waals surface area contributed by atoms with Crippen molar-refractivity contribution in [3.05, 3.63) is 72.3 Å². The highest BCUT2D eigenvalue weighted by molar-refractivity contribution is 5.85. The van der Waals surface area contributed by atoms with Gasteiger partial charge in [-0.05, 0) is 22.8 Å². The Morgan fingerprint density at radius 1 is 1.15 bits per heavy atom. The summed E-state index contributed by atoms with van der Waals surface area (Å²) in [6.45, 7) is 1.89. The van der Waals surface area contributed by atoms with Crippen LogP contribution in [0.4, 0.5) is 0 Å². The lowest BCUT2D eigenvalue weighted by Gasteiger charge is -2.33. The van der Waals surface area contributed by atoms with Gasteiger partial charge in [-0.1, -0.05) is 42.5 Å². The number of carbonyl (C=O) groups excluding carboxylic acids is 1. The van der Waals surface area contributed by atoms with Gasteiger partial charge >= 0.3 is 0 Å². The largest absolute Gasteiger partial charge is 0.374 e. The molecule has 1 aliphatic rings. The average Bonchev–Trinajstić information content (AvgIpc) is 2.73. The molecule has 1 amide bonds. The molecule has 0 spiro atoms. The van der Waals surface area contributed by atoms with Crippen molar-refractivity contribution in [3.8, 4) is 0 Å². The number of aromatic nitrogens is 2. The molecule has 1 aromatic heterocycles. The lowest BCUT2D eigenvalue weighted by molar-refractivity contribution is -0.138. The second kappa shape index (κ2) is 8.27. The predicted molar refractivity (Wildman–Crippen MR) is 104 cm³/mol. The second-order valence-corrected chi connectivity index (χ2v) is 6.87. The molecule has 0 aliphatic carbocycles. The van der Waals surface area contributed by atoms with Gasteiger partial charge in [0.25, 0.3) is 0 Å². The summed E-state index contributed by atoms with van der Waals surface area (Å²) in [4.78, 5) is 22.8. The van der Waals surface area contributed by atoms with Gasteiger partial charge < -0.3 is 9.64 Å². The van der Waals surface area contributed by atoms with E-state index < -0.39 is 0 Å². The number of benzene rings is 2. The van der Waals surface area contributed by atoms with Crippen molar-refractivity contribution in [1.82, 2.24) is 14.9 Å². The molecule has 0 unspecified atom stereocenters. The first-order chi connectivity index (χ1) is 13.3. The van der Waals surface area contributed by atoms with E-state index in [0.717, 1.165) is 12.1 Å². The van der Waals surface area contributed by atoms with E-state index >= 15 is 0 Å².